The van der Waals surface area contributed by atoms with Crippen LogP contribution in [0.15, 0.2) is 27.0 Å². The van der Waals surface area contributed by atoms with Gasteiger partial charge in [-0.25, -0.2) is 14.5 Å². The van der Waals surface area contributed by atoms with Crippen LogP contribution in [0.1, 0.15) is 5.69 Å². The number of rotatable bonds is 12. The maximum Gasteiger partial charge on any atom is 0.352 e. The monoisotopic (exact) mass is 568 g/mol. The van der Waals surface area contributed by atoms with Crippen molar-refractivity contribution < 1.29 is 29.1 Å². The van der Waals surface area contributed by atoms with Crippen LogP contribution >= 0.6 is 34.9 Å². The quantitative estimate of drug-likeness (QED) is 0.0569. The standard InChI is InChI=1S/C18H20N10O6S3/c1-27-18(23-25-26-27)37-5-8-4-35-15-11(14(31)28(15)12(8)16(32)33)22-13(30)10(24-34-3-2-19)9-6-36-17(21-9)20-7-29/h6-7,11,15H,2-5,19H2,1H3,(H,22,30)(H,32,33)(H,20,21,29)/t11?,15-/m1/s1. The van der Waals surface area contributed by atoms with Gasteiger partial charge in [-0.15, -0.1) is 28.2 Å². The van der Waals surface area contributed by atoms with E-state index in [4.69, 9.17) is 10.6 Å². The largest absolute Gasteiger partial charge is 0.477 e. The molecule has 0 radical (unpaired) electrons. The number of oxime groups is 1. The number of nitrogens with two attached hydrogens (primary N) is 1. The van der Waals surface area contributed by atoms with Crippen LogP contribution in [0, 0.1) is 0 Å². The SMILES string of the molecule is Cn1nnnc1SCC1=C(C(=O)O)N2C(=O)C(NC(=O)C(=NOCCN)c3csc(NC=O)n3)[C@H]2SC1. The summed E-state index contributed by atoms with van der Waals surface area (Å²) in [4.78, 5) is 59.1. The van der Waals surface area contributed by atoms with Crippen LogP contribution < -0.4 is 16.4 Å². The Morgan fingerprint density at radius 1 is 1.46 bits per heavy atom. The Bertz CT molecular complexity index is 1280. The molecule has 196 valence electrons. The number of carboxylic acid groups (broad SMARTS) is 1. The van der Waals surface area contributed by atoms with Gasteiger partial charge in [0.2, 0.25) is 11.6 Å². The molecule has 1 fully saturated rings. The van der Waals surface area contributed by atoms with Crippen LogP contribution in [0.25, 0.3) is 0 Å². The number of nitrogens with one attached hydrogen (secondary N) is 2. The van der Waals surface area contributed by atoms with E-state index in [0.717, 1.165) is 11.3 Å². The van der Waals surface area contributed by atoms with Crippen LogP contribution in [0.2, 0.25) is 0 Å². The second-order valence-corrected chi connectivity index (χ2v) is 10.3. The molecule has 3 amide bonds. The number of tetrazole rings is 1. The van der Waals surface area contributed by atoms with E-state index in [9.17, 15) is 24.3 Å². The average molecular weight is 569 g/mol. The van der Waals surface area contributed by atoms with Crippen molar-refractivity contribution >= 4 is 69.9 Å². The van der Waals surface area contributed by atoms with E-state index in [2.05, 4.69) is 36.3 Å². The van der Waals surface area contributed by atoms with E-state index >= 15 is 0 Å². The molecule has 2 aliphatic rings. The summed E-state index contributed by atoms with van der Waals surface area (Å²) in [6.07, 6.45) is 0.441. The highest BCUT2D eigenvalue weighted by atomic mass is 32.2. The third-order valence-electron chi connectivity index (χ3n) is 5.00. The number of thiazole rings is 1. The van der Waals surface area contributed by atoms with E-state index in [1.54, 1.807) is 7.05 Å². The van der Waals surface area contributed by atoms with Crippen molar-refractivity contribution in [2.24, 2.45) is 17.9 Å². The second kappa shape index (κ2) is 11.7. The molecule has 37 heavy (non-hydrogen) atoms. The first-order valence-corrected chi connectivity index (χ1v) is 13.4. The molecule has 19 heteroatoms. The van der Waals surface area contributed by atoms with E-state index in [0.29, 0.717) is 22.9 Å². The van der Waals surface area contributed by atoms with Crippen LogP contribution in [0.4, 0.5) is 5.13 Å². The average Bonchev–Trinajstić information content (AvgIpc) is 3.51. The number of aliphatic carboxylic acids is 1. The number of carboxylic acids is 1. The van der Waals surface area contributed by atoms with Crippen molar-refractivity contribution in [1.82, 2.24) is 35.4 Å². The summed E-state index contributed by atoms with van der Waals surface area (Å²) >= 11 is 3.64. The molecule has 1 saturated heterocycles. The molecule has 4 heterocycles. The van der Waals surface area contributed by atoms with Crippen molar-refractivity contribution in [3.8, 4) is 0 Å². The summed E-state index contributed by atoms with van der Waals surface area (Å²) in [5.74, 6) is -1.98. The van der Waals surface area contributed by atoms with Gasteiger partial charge in [0.25, 0.3) is 11.8 Å². The van der Waals surface area contributed by atoms with Crippen LogP contribution in [-0.4, -0.2) is 101 Å². The zero-order chi connectivity index (χ0) is 26.5. The number of β-lactam (4-membered cyclic amide) rings is 1. The minimum absolute atomic E-state index is 0.0347. The maximum atomic E-state index is 13.1. The van der Waals surface area contributed by atoms with Crippen molar-refractivity contribution in [3.63, 3.8) is 0 Å². The first-order valence-electron chi connectivity index (χ1n) is 10.5. The lowest BCUT2D eigenvalue weighted by atomic mass is 10.0. The van der Waals surface area contributed by atoms with Crippen molar-refractivity contribution in [2.45, 2.75) is 16.6 Å². The van der Waals surface area contributed by atoms with Gasteiger partial charge in [0.1, 0.15) is 29.4 Å². The van der Waals surface area contributed by atoms with Gasteiger partial charge >= 0.3 is 5.97 Å². The lowest BCUT2D eigenvalue weighted by Crippen LogP contribution is -2.71. The molecule has 1 unspecified atom stereocenters. The lowest BCUT2D eigenvalue weighted by Gasteiger charge is -2.49. The topological polar surface area (TPSA) is 220 Å². The molecule has 16 nitrogen and oxygen atoms in total. The molecule has 4 rings (SSSR count). The van der Waals surface area contributed by atoms with E-state index in [1.165, 1.54) is 38.5 Å². The van der Waals surface area contributed by atoms with Gasteiger partial charge in [0.05, 0.1) is 0 Å². The molecule has 0 aliphatic carbocycles. The molecular weight excluding hydrogens is 548 g/mol. The Kier molecular flexibility index (Phi) is 8.36. The van der Waals surface area contributed by atoms with Gasteiger partial charge in [-0.3, -0.25) is 19.3 Å². The third kappa shape index (κ3) is 5.58. The smallest absolute Gasteiger partial charge is 0.352 e. The fourth-order valence-corrected chi connectivity index (χ4v) is 6.36. The first kappa shape index (κ1) is 26.5. The predicted octanol–water partition coefficient (Wildman–Crippen LogP) is -1.55. The Morgan fingerprint density at radius 2 is 2.27 bits per heavy atom. The van der Waals surface area contributed by atoms with E-state index in [-0.39, 0.29) is 41.1 Å². The highest BCUT2D eigenvalue weighted by Gasteiger charge is 2.54. The normalized spacial score (nSPS) is 19.2. The third-order valence-corrected chi connectivity index (χ3v) is 8.21. The number of fused-ring (bicyclic) bond motifs is 1. The Morgan fingerprint density at radius 3 is 2.95 bits per heavy atom. The van der Waals surface area contributed by atoms with Gasteiger partial charge in [0.15, 0.2) is 10.8 Å². The predicted molar refractivity (Wildman–Crippen MR) is 133 cm³/mol. The van der Waals surface area contributed by atoms with Gasteiger partial charge < -0.3 is 26.3 Å². The van der Waals surface area contributed by atoms with Crippen molar-refractivity contribution in [1.29, 1.82) is 0 Å². The number of aromatic nitrogens is 5. The number of carbonyl (C=O) groups excluding carboxylic acids is 3. The van der Waals surface area contributed by atoms with E-state index in [1.807, 2.05) is 0 Å². The number of hydrogen-bond donors (Lipinski definition) is 4. The zero-order valence-corrected chi connectivity index (χ0v) is 21.5. The summed E-state index contributed by atoms with van der Waals surface area (Å²) in [6, 6.07) is -0.991. The highest BCUT2D eigenvalue weighted by Crippen LogP contribution is 2.41. The molecular formula is C18H20N10O6S3. The number of amides is 3. The van der Waals surface area contributed by atoms with Crippen molar-refractivity contribution in [3.05, 3.63) is 22.3 Å². The summed E-state index contributed by atoms with van der Waals surface area (Å²) in [5, 5.41) is 31.4. The fourth-order valence-electron chi connectivity index (χ4n) is 3.37. The summed E-state index contributed by atoms with van der Waals surface area (Å²) < 4.78 is 1.46. The Hall–Kier alpha value is -3.55. The van der Waals surface area contributed by atoms with Gasteiger partial charge in [-0.1, -0.05) is 16.9 Å². The lowest BCUT2D eigenvalue weighted by molar-refractivity contribution is -0.150. The number of thioether (sulfide) groups is 2. The zero-order valence-electron chi connectivity index (χ0n) is 19.1. The van der Waals surface area contributed by atoms with Gasteiger partial charge in [-0.2, -0.15) is 0 Å². The minimum Gasteiger partial charge on any atom is -0.477 e. The molecule has 0 saturated carbocycles. The summed E-state index contributed by atoms with van der Waals surface area (Å²) in [6.45, 7) is 0.188. The molecule has 2 aliphatic heterocycles. The molecule has 5 N–H and O–H groups in total. The van der Waals surface area contributed by atoms with E-state index < -0.39 is 29.2 Å². The molecule has 0 spiro atoms. The number of nitrogens with zero attached hydrogens (tertiary/aromatic N) is 7. The van der Waals surface area contributed by atoms with Gasteiger partial charge in [-0.05, 0) is 16.0 Å². The number of carbonyl (C=O) groups is 4. The maximum absolute atomic E-state index is 13.1. The summed E-state index contributed by atoms with van der Waals surface area (Å²) in [5.41, 5.74) is 5.72. The molecule has 0 bridgehead atoms. The molecule has 0 aromatic carbocycles. The second-order valence-electron chi connectivity index (χ2n) is 7.35. The number of anilines is 1. The summed E-state index contributed by atoms with van der Waals surface area (Å²) in [7, 11) is 1.66. The number of hydrogen-bond acceptors (Lipinski definition) is 14. The number of aryl methyl sites for hydroxylation is 1. The minimum atomic E-state index is -1.25. The first-order chi connectivity index (χ1) is 17.8. The Balaban J connectivity index is 1.49. The Labute approximate surface area is 221 Å². The highest BCUT2D eigenvalue weighted by molar-refractivity contribution is 8.01. The fraction of sp³-hybridized carbons (Fsp3) is 0.389. The molecule has 2 aromatic heterocycles. The van der Waals surface area contributed by atoms with Crippen LogP contribution in [0.3, 0.4) is 0 Å². The van der Waals surface area contributed by atoms with Gasteiger partial charge in [0, 0.05) is 30.5 Å². The van der Waals surface area contributed by atoms with Crippen molar-refractivity contribution in [2.75, 3.05) is 30.0 Å². The molecule has 2 aromatic rings. The van der Waals surface area contributed by atoms with Crippen LogP contribution in [-0.2, 0) is 31.1 Å². The molecule has 2 atom stereocenters. The van der Waals surface area contributed by atoms with Crippen LogP contribution in [0.5, 0.6) is 0 Å².